The summed E-state index contributed by atoms with van der Waals surface area (Å²) in [5, 5.41) is 36.6. The number of carbonyl (C=O) groups is 7. The Hall–Kier alpha value is -5.51. The van der Waals surface area contributed by atoms with E-state index < -0.39 is 89.6 Å². The van der Waals surface area contributed by atoms with Crippen LogP contribution in [0.3, 0.4) is 0 Å². The van der Waals surface area contributed by atoms with Crippen LogP contribution in [0.25, 0.3) is 0 Å². The number of amides is 7. The topological polar surface area (TPSA) is 235 Å². The molecule has 8 N–H and O–H groups in total. The third-order valence-corrected chi connectivity index (χ3v) is 10.7. The zero-order chi connectivity index (χ0) is 41.3. The summed E-state index contributed by atoms with van der Waals surface area (Å²) in [5.41, 5.74) is 0.751. The van der Waals surface area contributed by atoms with Gasteiger partial charge in [-0.05, 0) is 68.4 Å². The summed E-state index contributed by atoms with van der Waals surface area (Å²) in [5.74, 6) is -5.69. The molecule has 0 spiro atoms. The van der Waals surface area contributed by atoms with Gasteiger partial charge in [0.05, 0.1) is 17.4 Å². The van der Waals surface area contributed by atoms with E-state index in [4.69, 9.17) is 0 Å². The number of fused-ring (bicyclic) bond motifs is 2. The predicted molar refractivity (Wildman–Crippen MR) is 207 cm³/mol. The lowest BCUT2D eigenvalue weighted by atomic mass is 9.96. The van der Waals surface area contributed by atoms with E-state index in [0.29, 0.717) is 31.2 Å². The molecule has 2 aliphatic heterocycles. The van der Waals surface area contributed by atoms with Crippen LogP contribution in [0.5, 0.6) is 5.75 Å². The smallest absolute Gasteiger partial charge is 0.254 e. The summed E-state index contributed by atoms with van der Waals surface area (Å²) in [6, 6.07) is 4.93. The molecule has 0 saturated carbocycles. The number of nitrogens with one attached hydrogen (secondary N) is 6. The second-order valence-electron chi connectivity index (χ2n) is 14.8. The Kier molecular flexibility index (Phi) is 15.0. The van der Waals surface area contributed by atoms with Gasteiger partial charge in [-0.2, -0.15) is 0 Å². The van der Waals surface area contributed by atoms with Gasteiger partial charge >= 0.3 is 0 Å². The van der Waals surface area contributed by atoms with Gasteiger partial charge in [-0.15, -0.1) is 0 Å². The molecule has 2 aromatic carbocycles. The van der Waals surface area contributed by atoms with Crippen molar-refractivity contribution >= 4 is 47.0 Å². The average molecular weight is 778 g/mol. The molecule has 16 nitrogen and oxygen atoms in total. The lowest BCUT2D eigenvalue weighted by molar-refractivity contribution is -0.142. The normalized spacial score (nSPS) is 26.3. The molecule has 0 radical (unpaired) electrons. The molecule has 0 bridgehead atoms. The monoisotopic (exact) mass is 777 g/mol. The molecular formula is C40H55N7O9. The van der Waals surface area contributed by atoms with Crippen LogP contribution in [0, 0.1) is 11.8 Å². The molecule has 0 aromatic heterocycles. The van der Waals surface area contributed by atoms with Gasteiger partial charge < -0.3 is 47.0 Å². The number of hydrogen-bond acceptors (Lipinski definition) is 9. The first-order valence-electron chi connectivity index (χ1n) is 19.2. The van der Waals surface area contributed by atoms with Crippen molar-refractivity contribution in [3.63, 3.8) is 0 Å². The number of para-hydroxylation sites is 1. The van der Waals surface area contributed by atoms with Gasteiger partial charge in [0.1, 0.15) is 42.0 Å². The van der Waals surface area contributed by atoms with Crippen LogP contribution < -0.4 is 31.9 Å². The number of aliphatic hydroxyl groups excluding tert-OH is 1. The lowest BCUT2D eigenvalue weighted by Crippen LogP contribution is -2.62. The zero-order valence-corrected chi connectivity index (χ0v) is 32.8. The van der Waals surface area contributed by atoms with Gasteiger partial charge in [-0.25, -0.2) is 0 Å². The Bertz CT molecular complexity index is 1770. The Morgan fingerprint density at radius 3 is 1.96 bits per heavy atom. The summed E-state index contributed by atoms with van der Waals surface area (Å²) in [4.78, 5) is 98.4. The van der Waals surface area contributed by atoms with Crippen LogP contribution in [-0.4, -0.2) is 105 Å². The number of carbonyl (C=O) groups excluding carboxylic acids is 7. The van der Waals surface area contributed by atoms with Gasteiger partial charge in [-0.3, -0.25) is 33.6 Å². The summed E-state index contributed by atoms with van der Waals surface area (Å²) in [6.45, 7) is 10.1. The van der Waals surface area contributed by atoms with Gasteiger partial charge in [0.2, 0.25) is 35.4 Å². The third-order valence-electron chi connectivity index (χ3n) is 10.7. The van der Waals surface area contributed by atoms with Crippen LogP contribution in [-0.2, 0) is 35.2 Å². The minimum atomic E-state index is -1.58. The van der Waals surface area contributed by atoms with Crippen LogP contribution in [0.2, 0.25) is 0 Å². The van der Waals surface area contributed by atoms with Crippen molar-refractivity contribution < 1.29 is 43.8 Å². The van der Waals surface area contributed by atoms with Gasteiger partial charge in [0, 0.05) is 13.0 Å². The highest BCUT2D eigenvalue weighted by Gasteiger charge is 2.41. The molecule has 56 heavy (non-hydrogen) atoms. The highest BCUT2D eigenvalue weighted by molar-refractivity contribution is 6.07. The lowest BCUT2D eigenvalue weighted by Gasteiger charge is -2.32. The van der Waals surface area contributed by atoms with Gasteiger partial charge in [-0.1, -0.05) is 64.8 Å². The van der Waals surface area contributed by atoms with Crippen molar-refractivity contribution in [1.29, 1.82) is 0 Å². The number of hydrogen-bond donors (Lipinski definition) is 8. The van der Waals surface area contributed by atoms with E-state index in [1.54, 1.807) is 44.2 Å². The molecule has 1 saturated heterocycles. The van der Waals surface area contributed by atoms with E-state index >= 15 is 0 Å². The standard InChI is InChI=1S/C40H55N7O9/c1-7-21(3)31-38(54)43-29(20-25-15-17-26(49)18-16-25)36(52)46-33(24(6)48)39(55)41-23(5)34(50)45-32(22(4)8-2)40(56)47-19-11-14-30(47)37(53)42-28-13-10-9-12-27(28)35(51)44-31/h9-10,12-13,15-18,21-24,29-33,48-49H,7-8,11,14,19-20H2,1-6H3,(H,41,55)(H,42,53)(H,43,54)(H,44,51)(H,45,50)(H,46,52)/t21-,22-,23-,24+,29-,30-,31-,32-,33?/m0/s1. The Morgan fingerprint density at radius 1 is 0.714 bits per heavy atom. The molecule has 1 unspecified atom stereocenters. The minimum absolute atomic E-state index is 0.0230. The number of phenolic OH excluding ortho intramolecular Hbond substituents is 1. The zero-order valence-electron chi connectivity index (χ0n) is 32.8. The Balaban J connectivity index is 1.78. The fourth-order valence-corrected chi connectivity index (χ4v) is 6.74. The number of benzene rings is 2. The predicted octanol–water partition coefficient (Wildman–Crippen LogP) is 1.11. The van der Waals surface area contributed by atoms with Crippen LogP contribution in [0.4, 0.5) is 5.69 Å². The molecule has 304 valence electrons. The van der Waals surface area contributed by atoms with E-state index in [9.17, 15) is 43.8 Å². The van der Waals surface area contributed by atoms with E-state index in [1.807, 2.05) is 13.8 Å². The first-order chi connectivity index (χ1) is 26.6. The van der Waals surface area contributed by atoms with Gasteiger partial charge in [0.25, 0.3) is 5.91 Å². The molecule has 2 heterocycles. The van der Waals surface area contributed by atoms with Crippen LogP contribution >= 0.6 is 0 Å². The summed E-state index contributed by atoms with van der Waals surface area (Å²) in [6.07, 6.45) is 0.249. The fraction of sp³-hybridized carbons (Fsp3) is 0.525. The summed E-state index contributed by atoms with van der Waals surface area (Å²) in [7, 11) is 0. The molecule has 16 heteroatoms. The Labute approximate surface area is 326 Å². The van der Waals surface area contributed by atoms with Crippen LogP contribution in [0.1, 0.15) is 83.1 Å². The Morgan fingerprint density at radius 2 is 1.32 bits per heavy atom. The van der Waals surface area contributed by atoms with E-state index in [-0.39, 0.29) is 35.9 Å². The van der Waals surface area contributed by atoms with Crippen molar-refractivity contribution in [3.8, 4) is 5.75 Å². The van der Waals surface area contributed by atoms with E-state index in [1.165, 1.54) is 36.9 Å². The number of rotatable bonds is 7. The number of nitrogens with zero attached hydrogens (tertiary/aromatic N) is 1. The van der Waals surface area contributed by atoms with E-state index in [2.05, 4.69) is 31.9 Å². The van der Waals surface area contributed by atoms with Crippen molar-refractivity contribution in [2.24, 2.45) is 11.8 Å². The van der Waals surface area contributed by atoms with Crippen molar-refractivity contribution in [2.45, 2.75) is 116 Å². The number of anilines is 1. The molecule has 2 aromatic rings. The van der Waals surface area contributed by atoms with Crippen molar-refractivity contribution in [3.05, 3.63) is 59.7 Å². The maximum absolute atomic E-state index is 14.1. The average Bonchev–Trinajstić information content (AvgIpc) is 3.67. The third kappa shape index (κ3) is 10.6. The van der Waals surface area contributed by atoms with Crippen molar-refractivity contribution in [2.75, 3.05) is 11.9 Å². The van der Waals surface area contributed by atoms with E-state index in [0.717, 1.165) is 0 Å². The largest absolute Gasteiger partial charge is 0.508 e. The SMILES string of the molecule is CC[C@H](C)[C@@H]1NC(=O)c2ccccc2NC(=O)[C@@H]2CCCN2C(=O)[C@H]([C@@H](C)CC)NC(=O)[C@H](C)NC(=O)C([C@@H](C)O)NC(=O)[C@H](Cc2ccc(O)cc2)NC1=O. The molecule has 0 aliphatic carbocycles. The molecule has 4 rings (SSSR count). The molecular weight excluding hydrogens is 722 g/mol. The summed E-state index contributed by atoms with van der Waals surface area (Å²) >= 11 is 0. The maximum Gasteiger partial charge on any atom is 0.254 e. The second-order valence-corrected chi connectivity index (χ2v) is 14.8. The minimum Gasteiger partial charge on any atom is -0.508 e. The first kappa shape index (κ1) is 43.2. The number of phenols is 1. The fourth-order valence-electron chi connectivity index (χ4n) is 6.74. The van der Waals surface area contributed by atoms with Crippen molar-refractivity contribution in [1.82, 2.24) is 31.5 Å². The highest BCUT2D eigenvalue weighted by atomic mass is 16.3. The number of aromatic hydroxyl groups is 1. The molecule has 9 atom stereocenters. The first-order valence-corrected chi connectivity index (χ1v) is 19.2. The summed E-state index contributed by atoms with van der Waals surface area (Å²) < 4.78 is 0. The highest BCUT2D eigenvalue weighted by Crippen LogP contribution is 2.25. The number of aliphatic hydroxyl groups is 1. The molecule has 2 aliphatic rings. The quantitative estimate of drug-likeness (QED) is 0.201. The second kappa shape index (κ2) is 19.4. The molecule has 1 fully saturated rings. The van der Waals surface area contributed by atoms with Crippen LogP contribution in [0.15, 0.2) is 48.5 Å². The maximum atomic E-state index is 14.1. The molecule has 7 amide bonds. The van der Waals surface area contributed by atoms with Gasteiger partial charge in [0.15, 0.2) is 0 Å².